The highest BCUT2D eigenvalue weighted by molar-refractivity contribution is 7.13. The molecule has 1 fully saturated rings. The molecule has 0 radical (unpaired) electrons. The number of carbonyl (C=O) groups excluding carboxylic acids is 1. The first kappa shape index (κ1) is 19.8. The molecule has 152 valence electrons. The lowest BCUT2D eigenvalue weighted by Gasteiger charge is -2.30. The van der Waals surface area contributed by atoms with Crippen LogP contribution in [0.1, 0.15) is 42.8 Å². The van der Waals surface area contributed by atoms with Crippen LogP contribution in [-0.2, 0) is 11.3 Å². The van der Waals surface area contributed by atoms with E-state index in [0.29, 0.717) is 18.3 Å². The Morgan fingerprint density at radius 2 is 2.03 bits per heavy atom. The number of piperidine rings is 1. The van der Waals surface area contributed by atoms with E-state index in [4.69, 9.17) is 4.52 Å². The summed E-state index contributed by atoms with van der Waals surface area (Å²) in [6, 6.07) is 12.3. The minimum Gasteiger partial charge on any atom is -0.349 e. The summed E-state index contributed by atoms with van der Waals surface area (Å²) in [4.78, 5) is 20.5. The van der Waals surface area contributed by atoms with Crippen LogP contribution in [0.4, 0.5) is 0 Å². The number of amides is 1. The summed E-state index contributed by atoms with van der Waals surface area (Å²) in [5.74, 6) is 1.48. The maximum absolute atomic E-state index is 12.7. The molecule has 4 rings (SSSR count). The maximum atomic E-state index is 12.7. The topological polar surface area (TPSA) is 71.3 Å². The van der Waals surface area contributed by atoms with E-state index in [0.717, 1.165) is 36.4 Å². The van der Waals surface area contributed by atoms with Gasteiger partial charge in [-0.2, -0.15) is 4.98 Å². The zero-order valence-corrected chi connectivity index (χ0v) is 17.6. The lowest BCUT2D eigenvalue weighted by Crippen LogP contribution is -2.40. The number of hydrogen-bond donors (Lipinski definition) is 1. The summed E-state index contributed by atoms with van der Waals surface area (Å²) in [5, 5.41) is 9.24. The molecule has 1 aliphatic rings. The van der Waals surface area contributed by atoms with Gasteiger partial charge in [0.1, 0.15) is 0 Å². The number of carbonyl (C=O) groups is 1. The number of hydrogen-bond acceptors (Lipinski definition) is 6. The van der Waals surface area contributed by atoms with Crippen LogP contribution in [0, 0.1) is 12.8 Å². The van der Waals surface area contributed by atoms with Crippen molar-refractivity contribution in [3.63, 3.8) is 0 Å². The molecule has 1 amide bonds. The highest BCUT2D eigenvalue weighted by atomic mass is 32.1. The second-order valence-electron chi connectivity index (χ2n) is 7.68. The SMILES string of the molecule is Cc1ccc(C(C)NC(=O)C2CCN(Cc3nc(-c4cccs4)no3)CC2)cc1. The summed E-state index contributed by atoms with van der Waals surface area (Å²) < 4.78 is 5.40. The maximum Gasteiger partial charge on any atom is 0.241 e. The number of thiophene rings is 1. The van der Waals surface area contributed by atoms with Crippen LogP contribution >= 0.6 is 11.3 Å². The number of benzene rings is 1. The van der Waals surface area contributed by atoms with Crippen LogP contribution in [0.15, 0.2) is 46.3 Å². The Balaban J connectivity index is 1.25. The van der Waals surface area contributed by atoms with Gasteiger partial charge in [-0.15, -0.1) is 11.3 Å². The molecule has 29 heavy (non-hydrogen) atoms. The number of aromatic nitrogens is 2. The standard InChI is InChI=1S/C22H26N4O2S/c1-15-5-7-17(8-6-15)16(2)23-22(27)18-9-11-26(12-10-18)14-20-24-21(25-28-20)19-4-3-13-29-19/h3-8,13,16,18H,9-12,14H2,1-2H3,(H,23,27). The molecular weight excluding hydrogens is 384 g/mol. The van der Waals surface area contributed by atoms with Crippen LogP contribution in [-0.4, -0.2) is 34.0 Å². The van der Waals surface area contributed by atoms with E-state index < -0.39 is 0 Å². The Labute approximate surface area is 174 Å². The van der Waals surface area contributed by atoms with Crippen molar-refractivity contribution >= 4 is 17.2 Å². The molecular formula is C22H26N4O2S. The zero-order chi connectivity index (χ0) is 20.2. The van der Waals surface area contributed by atoms with Crippen LogP contribution in [0.2, 0.25) is 0 Å². The van der Waals surface area contributed by atoms with Gasteiger partial charge in [0.2, 0.25) is 17.6 Å². The van der Waals surface area contributed by atoms with Gasteiger partial charge in [0.25, 0.3) is 0 Å². The van der Waals surface area contributed by atoms with E-state index in [1.54, 1.807) is 11.3 Å². The van der Waals surface area contributed by atoms with Crippen LogP contribution in [0.3, 0.4) is 0 Å². The summed E-state index contributed by atoms with van der Waals surface area (Å²) in [7, 11) is 0. The number of likely N-dealkylation sites (tertiary alicyclic amines) is 1. The number of rotatable bonds is 6. The molecule has 1 saturated heterocycles. The largest absolute Gasteiger partial charge is 0.349 e. The van der Waals surface area contributed by atoms with Gasteiger partial charge in [-0.1, -0.05) is 41.1 Å². The van der Waals surface area contributed by atoms with Crippen molar-refractivity contribution in [1.82, 2.24) is 20.4 Å². The van der Waals surface area contributed by atoms with Crippen LogP contribution < -0.4 is 5.32 Å². The fraction of sp³-hybridized carbons (Fsp3) is 0.409. The molecule has 1 aliphatic heterocycles. The van der Waals surface area contributed by atoms with Crippen molar-refractivity contribution in [3.8, 4) is 10.7 Å². The van der Waals surface area contributed by atoms with Gasteiger partial charge in [-0.05, 0) is 56.8 Å². The van der Waals surface area contributed by atoms with Gasteiger partial charge >= 0.3 is 0 Å². The third-order valence-electron chi connectivity index (χ3n) is 5.46. The molecule has 0 aliphatic carbocycles. The lowest BCUT2D eigenvalue weighted by atomic mass is 9.95. The van der Waals surface area contributed by atoms with E-state index >= 15 is 0 Å². The van der Waals surface area contributed by atoms with Gasteiger partial charge in [0.15, 0.2) is 0 Å². The molecule has 2 aromatic heterocycles. The molecule has 0 saturated carbocycles. The number of nitrogens with one attached hydrogen (secondary N) is 1. The first-order valence-corrected chi connectivity index (χ1v) is 10.9. The second kappa shape index (κ2) is 8.88. The molecule has 1 aromatic carbocycles. The molecule has 1 unspecified atom stereocenters. The van der Waals surface area contributed by atoms with Crippen molar-refractivity contribution < 1.29 is 9.32 Å². The van der Waals surface area contributed by atoms with E-state index in [9.17, 15) is 4.79 Å². The average molecular weight is 411 g/mol. The Kier molecular flexibility index (Phi) is 6.06. The smallest absolute Gasteiger partial charge is 0.241 e. The Morgan fingerprint density at radius 1 is 1.28 bits per heavy atom. The van der Waals surface area contributed by atoms with Gasteiger partial charge in [-0.25, -0.2) is 0 Å². The molecule has 1 N–H and O–H groups in total. The van der Waals surface area contributed by atoms with Crippen molar-refractivity contribution in [3.05, 3.63) is 58.8 Å². The van der Waals surface area contributed by atoms with Gasteiger partial charge < -0.3 is 9.84 Å². The van der Waals surface area contributed by atoms with Crippen molar-refractivity contribution in [2.24, 2.45) is 5.92 Å². The predicted molar refractivity (Wildman–Crippen MR) is 113 cm³/mol. The second-order valence-corrected chi connectivity index (χ2v) is 8.63. The monoisotopic (exact) mass is 410 g/mol. The van der Waals surface area contributed by atoms with E-state index in [2.05, 4.69) is 51.5 Å². The third-order valence-corrected chi connectivity index (χ3v) is 6.33. The van der Waals surface area contributed by atoms with E-state index in [-0.39, 0.29) is 17.9 Å². The normalized spacial score (nSPS) is 16.6. The molecule has 6 nitrogen and oxygen atoms in total. The highest BCUT2D eigenvalue weighted by Crippen LogP contribution is 2.24. The van der Waals surface area contributed by atoms with Crippen molar-refractivity contribution in [1.29, 1.82) is 0 Å². The molecule has 3 heterocycles. The number of aryl methyl sites for hydroxylation is 1. The zero-order valence-electron chi connectivity index (χ0n) is 16.8. The molecule has 0 spiro atoms. The molecule has 1 atom stereocenters. The quantitative estimate of drug-likeness (QED) is 0.660. The molecule has 0 bridgehead atoms. The average Bonchev–Trinajstić information content (AvgIpc) is 3.41. The molecule has 3 aromatic rings. The summed E-state index contributed by atoms with van der Waals surface area (Å²) in [6.07, 6.45) is 1.69. The third kappa shape index (κ3) is 4.92. The van der Waals surface area contributed by atoms with Crippen LogP contribution in [0.25, 0.3) is 10.7 Å². The Morgan fingerprint density at radius 3 is 2.72 bits per heavy atom. The highest BCUT2D eigenvalue weighted by Gasteiger charge is 2.27. The first-order chi connectivity index (χ1) is 14.1. The van der Waals surface area contributed by atoms with Gasteiger partial charge in [0, 0.05) is 5.92 Å². The summed E-state index contributed by atoms with van der Waals surface area (Å²) in [5.41, 5.74) is 2.36. The Bertz CT molecular complexity index is 928. The fourth-order valence-electron chi connectivity index (χ4n) is 3.64. The van der Waals surface area contributed by atoms with E-state index in [1.807, 2.05) is 24.4 Å². The number of nitrogens with zero attached hydrogens (tertiary/aromatic N) is 3. The molecule has 7 heteroatoms. The summed E-state index contributed by atoms with van der Waals surface area (Å²) >= 11 is 1.60. The van der Waals surface area contributed by atoms with Crippen molar-refractivity contribution in [2.75, 3.05) is 13.1 Å². The summed E-state index contributed by atoms with van der Waals surface area (Å²) in [6.45, 7) is 6.45. The van der Waals surface area contributed by atoms with Crippen molar-refractivity contribution in [2.45, 2.75) is 39.3 Å². The predicted octanol–water partition coefficient (Wildman–Crippen LogP) is 4.20. The fourth-order valence-corrected chi connectivity index (χ4v) is 4.29. The minimum absolute atomic E-state index is 0.0233. The van der Waals surface area contributed by atoms with E-state index in [1.165, 1.54) is 5.56 Å². The lowest BCUT2D eigenvalue weighted by molar-refractivity contribution is -0.127. The first-order valence-electron chi connectivity index (χ1n) is 10.0. The van der Waals surface area contributed by atoms with Gasteiger partial charge in [0.05, 0.1) is 17.5 Å². The van der Waals surface area contributed by atoms with Crippen LogP contribution in [0.5, 0.6) is 0 Å². The minimum atomic E-state index is 0.0233. The van der Waals surface area contributed by atoms with Gasteiger partial charge in [-0.3, -0.25) is 9.69 Å². The Hall–Kier alpha value is -2.51.